The van der Waals surface area contributed by atoms with E-state index in [1.807, 2.05) is 72.8 Å². The van der Waals surface area contributed by atoms with E-state index in [0.29, 0.717) is 34.4 Å². The summed E-state index contributed by atoms with van der Waals surface area (Å²) >= 11 is 0. The Morgan fingerprint density at radius 1 is 0.778 bits per heavy atom. The van der Waals surface area contributed by atoms with Gasteiger partial charge in [0.25, 0.3) is 0 Å². The number of aromatic nitrogens is 1. The molecule has 0 bridgehead atoms. The largest absolute Gasteiger partial charge is 0.497 e. The van der Waals surface area contributed by atoms with Crippen molar-refractivity contribution in [3.63, 3.8) is 0 Å². The highest BCUT2D eigenvalue weighted by Gasteiger charge is 2.22. The molecule has 45 heavy (non-hydrogen) atoms. The molecule has 8 nitrogen and oxygen atoms in total. The molecule has 4 aromatic carbocycles. The van der Waals surface area contributed by atoms with Gasteiger partial charge in [-0.25, -0.2) is 9.78 Å². The summed E-state index contributed by atoms with van der Waals surface area (Å²) in [5.41, 5.74) is 3.20. The minimum atomic E-state index is -0.464. The maximum atomic E-state index is 13.4. The van der Waals surface area contributed by atoms with Crippen LogP contribution in [-0.2, 0) is 5.41 Å². The van der Waals surface area contributed by atoms with Gasteiger partial charge in [0.15, 0.2) is 0 Å². The Kier molecular flexibility index (Phi) is 9.45. The van der Waals surface area contributed by atoms with Gasteiger partial charge in [0, 0.05) is 40.1 Å². The van der Waals surface area contributed by atoms with Crippen LogP contribution in [0.15, 0.2) is 91.1 Å². The SMILES string of the molecule is COc1cccc(Nc2cc(Oc3ccc(NC(=O)Nc4cc(C(C)(C)C)cc(P(C)C)c4OC)c4ccccc34)ccn2)c1. The van der Waals surface area contributed by atoms with E-state index in [-0.39, 0.29) is 11.4 Å². The van der Waals surface area contributed by atoms with Crippen LogP contribution in [0.25, 0.3) is 10.8 Å². The minimum absolute atomic E-state index is 0.0912. The number of urea groups is 1. The van der Waals surface area contributed by atoms with Crippen LogP contribution < -0.4 is 35.5 Å². The number of amides is 2. The van der Waals surface area contributed by atoms with Gasteiger partial charge < -0.3 is 30.2 Å². The Balaban J connectivity index is 1.38. The van der Waals surface area contributed by atoms with Crippen molar-refractivity contribution in [3.05, 3.63) is 96.7 Å². The normalized spacial score (nSPS) is 11.3. The van der Waals surface area contributed by atoms with Gasteiger partial charge in [0.2, 0.25) is 0 Å². The molecular weight excluding hydrogens is 583 g/mol. The van der Waals surface area contributed by atoms with Crippen molar-refractivity contribution in [2.24, 2.45) is 0 Å². The van der Waals surface area contributed by atoms with Crippen LogP contribution in [-0.4, -0.2) is 38.6 Å². The predicted molar refractivity (Wildman–Crippen MR) is 187 cm³/mol. The van der Waals surface area contributed by atoms with Crippen molar-refractivity contribution in [1.29, 1.82) is 0 Å². The third kappa shape index (κ3) is 7.47. The molecule has 0 saturated heterocycles. The number of hydrogen-bond acceptors (Lipinski definition) is 6. The van der Waals surface area contributed by atoms with Crippen LogP contribution >= 0.6 is 7.92 Å². The van der Waals surface area contributed by atoms with Crippen molar-refractivity contribution in [2.45, 2.75) is 26.2 Å². The number of anilines is 4. The molecule has 1 heterocycles. The number of rotatable bonds is 9. The maximum absolute atomic E-state index is 13.4. The number of methoxy groups -OCH3 is 2. The lowest BCUT2D eigenvalue weighted by Gasteiger charge is -2.25. The first-order valence-corrected chi connectivity index (χ1v) is 16.8. The zero-order valence-corrected chi connectivity index (χ0v) is 27.6. The fraction of sp³-hybridized carbons (Fsp3) is 0.222. The Morgan fingerprint density at radius 2 is 1.53 bits per heavy atom. The molecule has 5 aromatic rings. The Labute approximate surface area is 265 Å². The van der Waals surface area contributed by atoms with Gasteiger partial charge in [-0.1, -0.05) is 59.0 Å². The fourth-order valence-corrected chi connectivity index (χ4v) is 5.97. The highest BCUT2D eigenvalue weighted by molar-refractivity contribution is 7.64. The van der Waals surface area contributed by atoms with E-state index in [1.54, 1.807) is 26.5 Å². The first-order valence-electron chi connectivity index (χ1n) is 14.6. The van der Waals surface area contributed by atoms with Crippen LogP contribution in [0.1, 0.15) is 26.3 Å². The van der Waals surface area contributed by atoms with Gasteiger partial charge in [-0.2, -0.15) is 0 Å². The van der Waals surface area contributed by atoms with Crippen LogP contribution in [0.4, 0.5) is 27.7 Å². The molecule has 0 aliphatic rings. The summed E-state index contributed by atoms with van der Waals surface area (Å²) in [5.74, 6) is 3.35. The van der Waals surface area contributed by atoms with Crippen molar-refractivity contribution in [3.8, 4) is 23.0 Å². The molecule has 0 aliphatic heterocycles. The molecule has 0 aliphatic carbocycles. The lowest BCUT2D eigenvalue weighted by molar-refractivity contribution is 0.262. The smallest absolute Gasteiger partial charge is 0.323 e. The van der Waals surface area contributed by atoms with Gasteiger partial charge in [-0.15, -0.1) is 0 Å². The second kappa shape index (κ2) is 13.4. The molecule has 0 fully saturated rings. The first-order chi connectivity index (χ1) is 21.5. The predicted octanol–water partition coefficient (Wildman–Crippen LogP) is 9.10. The van der Waals surface area contributed by atoms with Gasteiger partial charge in [-0.05, 0) is 66.8 Å². The zero-order chi connectivity index (χ0) is 32.1. The lowest BCUT2D eigenvalue weighted by Crippen LogP contribution is -2.23. The third-order valence-corrected chi connectivity index (χ3v) is 8.60. The maximum Gasteiger partial charge on any atom is 0.323 e. The number of carbonyl (C=O) groups is 1. The Hall–Kier alpha value is -4.81. The number of hydrogen-bond donors (Lipinski definition) is 3. The van der Waals surface area contributed by atoms with Gasteiger partial charge in [0.05, 0.1) is 25.6 Å². The topological polar surface area (TPSA) is 93.7 Å². The summed E-state index contributed by atoms with van der Waals surface area (Å²) in [7, 11) is 2.81. The van der Waals surface area contributed by atoms with Crippen molar-refractivity contribution >= 4 is 52.9 Å². The summed E-state index contributed by atoms with van der Waals surface area (Å²) < 4.78 is 17.4. The third-order valence-electron chi connectivity index (χ3n) is 7.30. The molecule has 3 N–H and O–H groups in total. The lowest BCUT2D eigenvalue weighted by atomic mass is 9.86. The molecule has 0 spiro atoms. The van der Waals surface area contributed by atoms with E-state index in [4.69, 9.17) is 14.2 Å². The highest BCUT2D eigenvalue weighted by Crippen LogP contribution is 2.39. The van der Waals surface area contributed by atoms with Crippen LogP contribution in [0.3, 0.4) is 0 Å². The summed E-state index contributed by atoms with van der Waals surface area (Å²) in [6.45, 7) is 10.9. The van der Waals surface area contributed by atoms with E-state index in [0.717, 1.165) is 33.1 Å². The summed E-state index contributed by atoms with van der Waals surface area (Å²) in [6, 6.07) is 26.6. The highest BCUT2D eigenvalue weighted by atomic mass is 31.1. The Bertz CT molecular complexity index is 1830. The number of nitrogens with zero attached hydrogens (tertiary/aromatic N) is 1. The van der Waals surface area contributed by atoms with Crippen LogP contribution in [0.5, 0.6) is 23.0 Å². The number of benzene rings is 4. The fourth-order valence-electron chi connectivity index (χ4n) is 4.95. The first kappa shape index (κ1) is 31.6. The van der Waals surface area contributed by atoms with Crippen LogP contribution in [0.2, 0.25) is 0 Å². The molecule has 0 radical (unpaired) electrons. The molecular formula is C36H39N4O4P. The van der Waals surface area contributed by atoms with E-state index < -0.39 is 7.92 Å². The molecule has 9 heteroatoms. The molecule has 232 valence electrons. The standard InChI is InChI=1S/C36H39N4O4P/c1-36(2,3)23-19-30(34(43-5)32(20-23)45(6)7)40-35(41)39-29-15-16-31(28-14-9-8-13-27(28)29)44-26-17-18-37-33(22-26)38-24-11-10-12-25(21-24)42-4/h8-22H,1-7H3,(H,37,38)(H2,39,40,41). The molecule has 2 amide bonds. The number of carbonyl (C=O) groups excluding carboxylic acids is 1. The molecule has 0 atom stereocenters. The molecule has 0 unspecified atom stereocenters. The summed E-state index contributed by atoms with van der Waals surface area (Å²) in [4.78, 5) is 17.8. The van der Waals surface area contributed by atoms with Crippen molar-refractivity contribution < 1.29 is 19.0 Å². The van der Waals surface area contributed by atoms with Gasteiger partial charge in [0.1, 0.15) is 28.8 Å². The molecule has 1 aromatic heterocycles. The second-order valence-electron chi connectivity index (χ2n) is 11.8. The van der Waals surface area contributed by atoms with E-state index in [2.05, 4.69) is 61.1 Å². The van der Waals surface area contributed by atoms with E-state index in [9.17, 15) is 4.79 Å². The zero-order valence-electron chi connectivity index (χ0n) is 26.7. The number of nitrogens with one attached hydrogen (secondary N) is 3. The Morgan fingerprint density at radius 3 is 2.24 bits per heavy atom. The number of pyridine rings is 1. The number of fused-ring (bicyclic) bond motifs is 1. The van der Waals surface area contributed by atoms with Gasteiger partial charge >= 0.3 is 6.03 Å². The quantitative estimate of drug-likeness (QED) is 0.142. The van der Waals surface area contributed by atoms with Crippen LogP contribution in [0, 0.1) is 0 Å². The monoisotopic (exact) mass is 622 g/mol. The second-order valence-corrected chi connectivity index (χ2v) is 14.1. The summed E-state index contributed by atoms with van der Waals surface area (Å²) in [6.07, 6.45) is 1.69. The average molecular weight is 623 g/mol. The van der Waals surface area contributed by atoms with Gasteiger partial charge in [-0.3, -0.25) is 0 Å². The minimum Gasteiger partial charge on any atom is -0.497 e. The molecule has 0 saturated carbocycles. The molecule has 5 rings (SSSR count). The summed E-state index contributed by atoms with van der Waals surface area (Å²) in [5, 5.41) is 12.2. The van der Waals surface area contributed by atoms with E-state index >= 15 is 0 Å². The number of ether oxygens (including phenoxy) is 3. The average Bonchev–Trinajstić information content (AvgIpc) is 3.01. The van der Waals surface area contributed by atoms with Crippen molar-refractivity contribution in [2.75, 3.05) is 43.5 Å². The van der Waals surface area contributed by atoms with Crippen molar-refractivity contribution in [1.82, 2.24) is 4.98 Å². The van der Waals surface area contributed by atoms with E-state index in [1.165, 1.54) is 0 Å².